The predicted molar refractivity (Wildman–Crippen MR) is 152 cm³/mol. The normalized spacial score (nSPS) is 11.6. The van der Waals surface area contributed by atoms with Gasteiger partial charge >= 0.3 is 0 Å². The number of anilines is 3. The number of carbonyl (C=O) groups excluding carboxylic acids is 1. The molecule has 0 saturated carbocycles. The van der Waals surface area contributed by atoms with Crippen molar-refractivity contribution >= 4 is 43.0 Å². The van der Waals surface area contributed by atoms with Crippen LogP contribution < -0.4 is 14.3 Å². The van der Waals surface area contributed by atoms with Gasteiger partial charge in [0, 0.05) is 11.9 Å². The molecular formula is C28H28N4O5S2. The van der Waals surface area contributed by atoms with E-state index in [-0.39, 0.29) is 9.79 Å². The van der Waals surface area contributed by atoms with Crippen LogP contribution in [0.4, 0.5) is 17.1 Å². The summed E-state index contributed by atoms with van der Waals surface area (Å²) in [5.41, 5.74) is 3.55. The Morgan fingerprint density at radius 3 is 2.10 bits per heavy atom. The van der Waals surface area contributed by atoms with Crippen LogP contribution in [-0.2, 0) is 24.8 Å². The van der Waals surface area contributed by atoms with Crippen molar-refractivity contribution in [2.45, 2.75) is 30.6 Å². The first-order chi connectivity index (χ1) is 18.5. The van der Waals surface area contributed by atoms with E-state index in [2.05, 4.69) is 15.0 Å². The van der Waals surface area contributed by atoms with Crippen LogP contribution in [0.2, 0.25) is 0 Å². The van der Waals surface area contributed by atoms with Gasteiger partial charge in [0.2, 0.25) is 5.91 Å². The number of aryl methyl sites for hydroxylation is 2. The summed E-state index contributed by atoms with van der Waals surface area (Å²) in [5, 5.41) is 2.67. The third kappa shape index (κ3) is 6.44. The van der Waals surface area contributed by atoms with Gasteiger partial charge in [0.25, 0.3) is 20.0 Å². The molecule has 11 heteroatoms. The standard InChI is InChI=1S/C28H28N4O5S2/c1-20-9-13-26(14-10-20)39(36,37)32(27-8-4-6-21(2)22(27)3)19-28(33)30-23-11-15-25(16-12-23)38(34,35)31-24-7-5-17-29-18-24/h4-18,31H,19H2,1-3H3,(H,30,33). The minimum atomic E-state index is -4.07. The van der Waals surface area contributed by atoms with E-state index in [1.807, 2.05) is 19.9 Å². The molecule has 4 rings (SSSR count). The van der Waals surface area contributed by atoms with Crippen LogP contribution in [0.3, 0.4) is 0 Å². The molecule has 0 saturated heterocycles. The molecule has 0 bridgehead atoms. The zero-order valence-electron chi connectivity index (χ0n) is 21.6. The summed E-state index contributed by atoms with van der Waals surface area (Å²) in [6, 6.07) is 20.5. The SMILES string of the molecule is Cc1ccc(S(=O)(=O)N(CC(=O)Nc2ccc(S(=O)(=O)Nc3cccnc3)cc2)c2cccc(C)c2C)cc1. The van der Waals surface area contributed by atoms with Gasteiger partial charge in [-0.3, -0.25) is 18.8 Å². The first-order valence-corrected chi connectivity index (χ1v) is 14.9. The van der Waals surface area contributed by atoms with Gasteiger partial charge in [0.1, 0.15) is 6.54 Å². The highest BCUT2D eigenvalue weighted by atomic mass is 32.2. The predicted octanol–water partition coefficient (Wildman–Crippen LogP) is 4.64. The van der Waals surface area contributed by atoms with Gasteiger partial charge in [-0.25, -0.2) is 16.8 Å². The Balaban J connectivity index is 1.57. The first kappa shape index (κ1) is 27.8. The highest BCUT2D eigenvalue weighted by Crippen LogP contribution is 2.29. The number of pyridine rings is 1. The lowest BCUT2D eigenvalue weighted by atomic mass is 10.1. The second-order valence-corrected chi connectivity index (χ2v) is 12.5. The maximum Gasteiger partial charge on any atom is 0.264 e. The molecular weight excluding hydrogens is 536 g/mol. The van der Waals surface area contributed by atoms with Crippen molar-refractivity contribution < 1.29 is 21.6 Å². The fourth-order valence-corrected chi connectivity index (χ4v) is 6.35. The van der Waals surface area contributed by atoms with E-state index in [0.717, 1.165) is 21.0 Å². The van der Waals surface area contributed by atoms with Crippen LogP contribution in [0, 0.1) is 20.8 Å². The Morgan fingerprint density at radius 2 is 1.46 bits per heavy atom. The Morgan fingerprint density at radius 1 is 0.795 bits per heavy atom. The average Bonchev–Trinajstić information content (AvgIpc) is 2.90. The maximum absolute atomic E-state index is 13.7. The van der Waals surface area contributed by atoms with E-state index in [1.165, 1.54) is 48.8 Å². The number of nitrogens with zero attached hydrogens (tertiary/aromatic N) is 2. The molecule has 0 atom stereocenters. The fourth-order valence-electron chi connectivity index (χ4n) is 3.83. The summed E-state index contributed by atoms with van der Waals surface area (Å²) in [4.78, 5) is 17.0. The van der Waals surface area contributed by atoms with Crippen LogP contribution in [0.1, 0.15) is 16.7 Å². The van der Waals surface area contributed by atoms with Gasteiger partial charge in [0.05, 0.1) is 27.4 Å². The van der Waals surface area contributed by atoms with Crippen molar-refractivity contribution in [2.24, 2.45) is 0 Å². The molecule has 3 aromatic carbocycles. The first-order valence-electron chi connectivity index (χ1n) is 12.0. The summed E-state index contributed by atoms with van der Waals surface area (Å²) >= 11 is 0. The van der Waals surface area contributed by atoms with E-state index in [9.17, 15) is 21.6 Å². The third-order valence-corrected chi connectivity index (χ3v) is 9.27. The van der Waals surface area contributed by atoms with Crippen LogP contribution in [-0.4, -0.2) is 34.3 Å². The summed E-state index contributed by atoms with van der Waals surface area (Å²) in [6.07, 6.45) is 2.92. The van der Waals surface area contributed by atoms with Gasteiger partial charge in [-0.2, -0.15) is 0 Å². The van der Waals surface area contributed by atoms with Crippen molar-refractivity contribution in [1.29, 1.82) is 0 Å². The van der Waals surface area contributed by atoms with Crippen LogP contribution >= 0.6 is 0 Å². The molecule has 1 heterocycles. The molecule has 4 aromatic rings. The number of nitrogens with one attached hydrogen (secondary N) is 2. The molecule has 0 unspecified atom stereocenters. The van der Waals surface area contributed by atoms with Gasteiger partial charge in [-0.05, 0) is 86.5 Å². The summed E-state index contributed by atoms with van der Waals surface area (Å²) in [7, 11) is -7.94. The van der Waals surface area contributed by atoms with E-state index in [0.29, 0.717) is 17.1 Å². The number of rotatable bonds is 9. The van der Waals surface area contributed by atoms with Crippen LogP contribution in [0.25, 0.3) is 0 Å². The van der Waals surface area contributed by atoms with Gasteiger partial charge in [0.15, 0.2) is 0 Å². The lowest BCUT2D eigenvalue weighted by Crippen LogP contribution is -2.38. The maximum atomic E-state index is 13.7. The van der Waals surface area contributed by atoms with Gasteiger partial charge in [-0.15, -0.1) is 0 Å². The van der Waals surface area contributed by atoms with Crippen molar-refractivity contribution in [2.75, 3.05) is 20.9 Å². The molecule has 0 radical (unpaired) electrons. The van der Waals surface area contributed by atoms with Crippen molar-refractivity contribution in [3.63, 3.8) is 0 Å². The van der Waals surface area contributed by atoms with E-state index < -0.39 is 32.5 Å². The molecule has 0 aliphatic carbocycles. The third-order valence-electron chi connectivity index (χ3n) is 6.10. The molecule has 0 aliphatic heterocycles. The smallest absolute Gasteiger partial charge is 0.264 e. The molecule has 0 spiro atoms. The zero-order valence-corrected chi connectivity index (χ0v) is 23.3. The second kappa shape index (κ2) is 11.3. The van der Waals surface area contributed by atoms with Gasteiger partial charge in [-0.1, -0.05) is 29.8 Å². The molecule has 202 valence electrons. The average molecular weight is 565 g/mol. The van der Waals surface area contributed by atoms with Crippen LogP contribution in [0.15, 0.2) is 101 Å². The Labute approximate surface area is 228 Å². The number of sulfonamides is 2. The van der Waals surface area contributed by atoms with E-state index in [4.69, 9.17) is 0 Å². The Hall–Kier alpha value is -4.22. The zero-order chi connectivity index (χ0) is 28.2. The van der Waals surface area contributed by atoms with E-state index in [1.54, 1.807) is 43.3 Å². The summed E-state index contributed by atoms with van der Waals surface area (Å²) < 4.78 is 56.2. The summed E-state index contributed by atoms with van der Waals surface area (Å²) in [5.74, 6) is -0.587. The minimum absolute atomic E-state index is 0.0108. The number of aromatic nitrogens is 1. The second-order valence-electron chi connectivity index (χ2n) is 8.96. The van der Waals surface area contributed by atoms with Crippen molar-refractivity contribution in [3.05, 3.63) is 108 Å². The molecule has 9 nitrogen and oxygen atoms in total. The molecule has 2 N–H and O–H groups in total. The monoisotopic (exact) mass is 564 g/mol. The number of hydrogen-bond donors (Lipinski definition) is 2. The summed E-state index contributed by atoms with van der Waals surface area (Å²) in [6.45, 7) is 5.05. The van der Waals surface area contributed by atoms with Gasteiger partial charge < -0.3 is 5.32 Å². The number of benzene rings is 3. The number of carbonyl (C=O) groups is 1. The topological polar surface area (TPSA) is 126 Å². The highest BCUT2D eigenvalue weighted by molar-refractivity contribution is 7.93. The molecule has 1 amide bonds. The van der Waals surface area contributed by atoms with Crippen LogP contribution in [0.5, 0.6) is 0 Å². The molecule has 39 heavy (non-hydrogen) atoms. The number of amides is 1. The lowest BCUT2D eigenvalue weighted by Gasteiger charge is -2.26. The van der Waals surface area contributed by atoms with E-state index >= 15 is 0 Å². The van der Waals surface area contributed by atoms with Crippen molar-refractivity contribution in [3.8, 4) is 0 Å². The molecule has 0 aliphatic rings. The minimum Gasteiger partial charge on any atom is -0.325 e. The lowest BCUT2D eigenvalue weighted by molar-refractivity contribution is -0.114. The largest absolute Gasteiger partial charge is 0.325 e. The Kier molecular flexibility index (Phi) is 8.03. The fraction of sp³-hybridized carbons (Fsp3) is 0.143. The Bertz CT molecular complexity index is 1690. The van der Waals surface area contributed by atoms with Crippen molar-refractivity contribution in [1.82, 2.24) is 4.98 Å². The quantitative estimate of drug-likeness (QED) is 0.305. The molecule has 1 aromatic heterocycles. The molecule has 0 fully saturated rings. The highest BCUT2D eigenvalue weighted by Gasteiger charge is 2.28. The number of hydrogen-bond acceptors (Lipinski definition) is 6.